The van der Waals surface area contributed by atoms with Crippen LogP contribution in [0.5, 0.6) is 0 Å². The Morgan fingerprint density at radius 1 is 1.03 bits per heavy atom. The van der Waals surface area contributed by atoms with E-state index in [1.54, 1.807) is 0 Å². The van der Waals surface area contributed by atoms with Crippen LogP contribution in [0.25, 0.3) is 17.0 Å². The number of H-pyrrole nitrogens is 1. The van der Waals surface area contributed by atoms with Gasteiger partial charge in [-0.05, 0) is 40.6 Å². The molecule has 1 fully saturated rings. The van der Waals surface area contributed by atoms with Gasteiger partial charge in [-0.2, -0.15) is 5.26 Å². The highest BCUT2D eigenvalue weighted by Crippen LogP contribution is 2.50. The van der Waals surface area contributed by atoms with Crippen LogP contribution in [0.2, 0.25) is 0 Å². The van der Waals surface area contributed by atoms with Gasteiger partial charge in [-0.15, -0.1) is 0 Å². The van der Waals surface area contributed by atoms with Crippen LogP contribution in [0.4, 0.5) is 5.82 Å². The molecule has 0 bridgehead atoms. The molecule has 2 heterocycles. The summed E-state index contributed by atoms with van der Waals surface area (Å²) in [5.74, 6) is 1.10. The fourth-order valence-electron chi connectivity index (χ4n) is 6.15. The molecule has 4 rings (SSSR count). The van der Waals surface area contributed by atoms with Gasteiger partial charge in [-0.3, -0.25) is 5.10 Å². The Kier molecular flexibility index (Phi) is 7.17. The lowest BCUT2D eigenvalue weighted by Crippen LogP contribution is -2.49. The van der Waals surface area contributed by atoms with Crippen molar-refractivity contribution < 1.29 is 9.53 Å². The number of hydrogen-bond donors (Lipinski definition) is 2. The SMILES string of the molecule is CC1CC(C(C)(C)C)C(OC(=O)c2c(C#N)c(N)n3[nH]c(-c4ccc(C(C)(C)C)cc4)nc23)C(C(C)(C)C)C1. The topological polar surface area (TPSA) is 109 Å². The molecule has 0 saturated heterocycles. The minimum atomic E-state index is -0.537. The Morgan fingerprint density at radius 2 is 1.56 bits per heavy atom. The summed E-state index contributed by atoms with van der Waals surface area (Å²) in [6, 6.07) is 10.3. The first-order valence-corrected chi connectivity index (χ1v) is 14.0. The lowest BCUT2D eigenvalue weighted by Gasteiger charge is -2.50. The zero-order valence-electron chi connectivity index (χ0n) is 25.3. The minimum absolute atomic E-state index is 0.0323. The Morgan fingerprint density at radius 3 is 2.03 bits per heavy atom. The van der Waals surface area contributed by atoms with Crippen molar-refractivity contribution in [3.63, 3.8) is 0 Å². The molecule has 1 aliphatic rings. The number of aromatic nitrogens is 3. The largest absolute Gasteiger partial charge is 0.458 e. The first-order valence-electron chi connectivity index (χ1n) is 14.0. The molecule has 3 aromatic rings. The number of esters is 1. The molecular weight excluding hydrogens is 486 g/mol. The van der Waals surface area contributed by atoms with Gasteiger partial charge in [0, 0.05) is 17.4 Å². The van der Waals surface area contributed by atoms with Crippen LogP contribution in [0.3, 0.4) is 0 Å². The van der Waals surface area contributed by atoms with Gasteiger partial charge in [-0.25, -0.2) is 14.3 Å². The number of rotatable bonds is 3. The molecule has 210 valence electrons. The number of carbonyl (C=O) groups excluding carboxylic acids is 1. The highest BCUT2D eigenvalue weighted by Gasteiger charge is 2.48. The van der Waals surface area contributed by atoms with E-state index in [-0.39, 0.29) is 51.1 Å². The maximum atomic E-state index is 14.0. The van der Waals surface area contributed by atoms with E-state index in [0.717, 1.165) is 18.4 Å². The van der Waals surface area contributed by atoms with Gasteiger partial charge in [0.1, 0.15) is 29.1 Å². The Hall–Kier alpha value is -3.27. The van der Waals surface area contributed by atoms with Crippen LogP contribution in [0.15, 0.2) is 24.3 Å². The summed E-state index contributed by atoms with van der Waals surface area (Å²) in [4.78, 5) is 18.7. The van der Waals surface area contributed by atoms with Crippen LogP contribution in [-0.4, -0.2) is 26.7 Å². The maximum absolute atomic E-state index is 14.0. The first-order chi connectivity index (χ1) is 17.9. The number of aromatic amines is 1. The van der Waals surface area contributed by atoms with Crippen molar-refractivity contribution in [1.29, 1.82) is 5.26 Å². The zero-order chi connectivity index (χ0) is 29.1. The number of benzene rings is 1. The summed E-state index contributed by atoms with van der Waals surface area (Å²) < 4.78 is 7.94. The second-order valence-corrected chi connectivity index (χ2v) is 14.7. The molecule has 1 aromatic carbocycles. The van der Waals surface area contributed by atoms with Crippen LogP contribution in [0, 0.1) is 39.9 Å². The van der Waals surface area contributed by atoms with Crippen molar-refractivity contribution in [3.8, 4) is 17.5 Å². The van der Waals surface area contributed by atoms with Gasteiger partial charge < -0.3 is 10.5 Å². The second kappa shape index (κ2) is 9.73. The number of fused-ring (bicyclic) bond motifs is 1. The molecule has 1 saturated carbocycles. The summed E-state index contributed by atoms with van der Waals surface area (Å²) >= 11 is 0. The Labute approximate surface area is 233 Å². The molecular formula is C32H45N5O2. The van der Waals surface area contributed by atoms with Gasteiger partial charge in [0.2, 0.25) is 0 Å². The standard InChI is InChI=1S/C32H45N5O2/c1-18-15-22(31(5,6)7)25(23(16-18)32(8,9)10)39-29(38)24-21(17-33)26(34)37-28(24)35-27(36-37)19-11-13-20(14-12-19)30(2,3)4/h11-14,18,22-23,25H,15-16,34H2,1-10H3,(H,35,36). The summed E-state index contributed by atoms with van der Waals surface area (Å²) in [6.07, 6.45) is 1.70. The average Bonchev–Trinajstić information content (AvgIpc) is 3.35. The third-order valence-electron chi connectivity index (χ3n) is 8.53. The van der Waals surface area contributed by atoms with Crippen LogP contribution in [-0.2, 0) is 10.2 Å². The fraction of sp³-hybridized carbons (Fsp3) is 0.594. The predicted molar refractivity (Wildman–Crippen MR) is 156 cm³/mol. The number of ether oxygens (including phenoxy) is 1. The number of carbonyl (C=O) groups is 1. The molecule has 39 heavy (non-hydrogen) atoms. The number of nitrogens with zero attached hydrogens (tertiary/aromatic N) is 3. The summed E-state index contributed by atoms with van der Waals surface area (Å²) in [6.45, 7) is 22.1. The number of hydrogen-bond acceptors (Lipinski definition) is 5. The van der Waals surface area contributed by atoms with Crippen molar-refractivity contribution in [1.82, 2.24) is 14.6 Å². The molecule has 0 aliphatic heterocycles. The van der Waals surface area contributed by atoms with Gasteiger partial charge in [0.15, 0.2) is 11.5 Å². The third kappa shape index (κ3) is 5.44. The molecule has 7 nitrogen and oxygen atoms in total. The van der Waals surface area contributed by atoms with E-state index >= 15 is 0 Å². The fourth-order valence-corrected chi connectivity index (χ4v) is 6.15. The normalized spacial score (nSPS) is 22.6. The molecule has 3 N–H and O–H groups in total. The minimum Gasteiger partial charge on any atom is -0.458 e. The number of nitrogens with one attached hydrogen (secondary N) is 1. The van der Waals surface area contributed by atoms with Gasteiger partial charge >= 0.3 is 5.97 Å². The molecule has 0 amide bonds. The highest BCUT2D eigenvalue weighted by molar-refractivity contribution is 6.01. The van der Waals surface area contributed by atoms with Gasteiger partial charge in [0.25, 0.3) is 0 Å². The molecule has 0 radical (unpaired) electrons. The van der Waals surface area contributed by atoms with Crippen LogP contribution in [0.1, 0.15) is 104 Å². The van der Waals surface area contributed by atoms with E-state index in [1.807, 2.05) is 12.1 Å². The number of nitrogens with two attached hydrogens (primary N) is 1. The van der Waals surface area contributed by atoms with Gasteiger partial charge in [-0.1, -0.05) is 93.5 Å². The highest BCUT2D eigenvalue weighted by atomic mass is 16.5. The molecule has 1 aliphatic carbocycles. The van der Waals surface area contributed by atoms with E-state index < -0.39 is 5.97 Å². The summed E-state index contributed by atoms with van der Waals surface area (Å²) in [7, 11) is 0. The van der Waals surface area contributed by atoms with Crippen LogP contribution >= 0.6 is 0 Å². The molecule has 2 atom stereocenters. The quantitative estimate of drug-likeness (QED) is 0.343. The zero-order valence-corrected chi connectivity index (χ0v) is 25.3. The molecule has 7 heteroatoms. The van der Waals surface area contributed by atoms with Gasteiger partial charge in [0.05, 0.1) is 0 Å². The lowest BCUT2D eigenvalue weighted by molar-refractivity contribution is -0.0922. The Bertz CT molecular complexity index is 1380. The average molecular weight is 532 g/mol. The van der Waals surface area contributed by atoms with Crippen molar-refractivity contribution in [2.24, 2.45) is 28.6 Å². The molecule has 2 unspecified atom stereocenters. The lowest BCUT2D eigenvalue weighted by atomic mass is 9.59. The number of nitriles is 1. The van der Waals surface area contributed by atoms with E-state index in [4.69, 9.17) is 15.5 Å². The predicted octanol–water partition coefficient (Wildman–Crippen LogP) is 7.36. The monoisotopic (exact) mass is 531 g/mol. The smallest absolute Gasteiger partial charge is 0.343 e. The third-order valence-corrected chi connectivity index (χ3v) is 8.53. The van der Waals surface area contributed by atoms with Crippen LogP contribution < -0.4 is 5.73 Å². The molecule has 0 spiro atoms. The summed E-state index contributed by atoms with van der Waals surface area (Å²) in [5, 5.41) is 13.2. The number of anilines is 1. The van der Waals surface area contributed by atoms with E-state index in [9.17, 15) is 10.1 Å². The first kappa shape index (κ1) is 28.7. The second-order valence-electron chi connectivity index (χ2n) is 14.7. The van der Waals surface area contributed by atoms with Crippen molar-refractivity contribution in [2.45, 2.75) is 93.6 Å². The van der Waals surface area contributed by atoms with E-state index in [2.05, 4.69) is 92.5 Å². The Balaban J connectivity index is 1.76. The maximum Gasteiger partial charge on any atom is 0.343 e. The van der Waals surface area contributed by atoms with E-state index in [1.165, 1.54) is 10.1 Å². The number of nitrogen functional groups attached to an aromatic ring is 1. The van der Waals surface area contributed by atoms with E-state index in [0.29, 0.717) is 17.4 Å². The summed E-state index contributed by atoms with van der Waals surface area (Å²) in [5.41, 5.74) is 8.92. The van der Waals surface area contributed by atoms with Crippen molar-refractivity contribution >= 4 is 17.4 Å². The molecule has 2 aromatic heterocycles. The van der Waals surface area contributed by atoms with Crippen molar-refractivity contribution in [2.75, 3.05) is 5.73 Å². The van der Waals surface area contributed by atoms with Crippen molar-refractivity contribution in [3.05, 3.63) is 41.0 Å².